The Morgan fingerprint density at radius 3 is 2.37 bits per heavy atom. The first-order chi connectivity index (χ1) is 12.8. The van der Waals surface area contributed by atoms with Crippen LogP contribution in [0.2, 0.25) is 5.02 Å². The molecule has 0 aromatic heterocycles. The van der Waals surface area contributed by atoms with E-state index < -0.39 is 16.0 Å². The summed E-state index contributed by atoms with van der Waals surface area (Å²) in [6.07, 6.45) is 3.29. The topological polar surface area (TPSA) is 101 Å². The van der Waals surface area contributed by atoms with Gasteiger partial charge in [0.2, 0.25) is 0 Å². The molecule has 2 aromatic rings. The number of Topliss-reactive ketones (excluding diaryl/α,β-unsaturated/α-hetero) is 1. The lowest BCUT2D eigenvalue weighted by molar-refractivity contribution is -0.136. The van der Waals surface area contributed by atoms with Crippen molar-refractivity contribution in [2.24, 2.45) is 0 Å². The summed E-state index contributed by atoms with van der Waals surface area (Å²) < 4.78 is 24.5. The van der Waals surface area contributed by atoms with E-state index in [0.717, 1.165) is 19.3 Å². The lowest BCUT2D eigenvalue weighted by Gasteiger charge is -2.15. The molecule has 5 rings (SSSR count). The minimum absolute atomic E-state index is 0.0721. The van der Waals surface area contributed by atoms with E-state index in [-0.39, 0.29) is 28.5 Å². The van der Waals surface area contributed by atoms with Gasteiger partial charge in [0.25, 0.3) is 10.0 Å². The number of nitrogens with one attached hydrogen (secondary N) is 1. The zero-order chi connectivity index (χ0) is 19.6. The predicted molar refractivity (Wildman–Crippen MR) is 102 cm³/mol. The summed E-state index contributed by atoms with van der Waals surface area (Å²) in [7, 11) is -3.33. The predicted octanol–water partition coefficient (Wildman–Crippen LogP) is 3.68. The van der Waals surface area contributed by atoms with Crippen LogP contribution in [0.5, 0.6) is 0 Å². The van der Waals surface area contributed by atoms with Crippen molar-refractivity contribution in [3.63, 3.8) is 0 Å². The molecule has 0 saturated heterocycles. The summed E-state index contributed by atoms with van der Waals surface area (Å²) in [6.45, 7) is 0. The number of rotatable bonds is 4. The maximum atomic E-state index is 11.7. The van der Waals surface area contributed by atoms with Crippen molar-refractivity contribution in [1.82, 2.24) is 0 Å². The number of benzene rings is 2. The van der Waals surface area contributed by atoms with Crippen molar-refractivity contribution in [3.8, 4) is 0 Å². The van der Waals surface area contributed by atoms with Gasteiger partial charge in [-0.05, 0) is 54.7 Å². The standard InChI is InChI=1S/C13H14O3.C6H4ClNO2S/c14-12(6-7-13(15)16)11-5-4-9-2-1-3-10(9)8-11;7-5-3-4-1-2-6(5)11(9,10)8-4/h4-5,8H,1-3,6-7H2,(H,15,16);1-3,8H. The Morgan fingerprint density at radius 1 is 1.04 bits per heavy atom. The number of carboxylic acid groups (broad SMARTS) is 1. The van der Waals surface area contributed by atoms with E-state index >= 15 is 0 Å². The Bertz CT molecular complexity index is 1020. The number of sulfonamides is 1. The van der Waals surface area contributed by atoms with E-state index in [4.69, 9.17) is 16.7 Å². The minimum Gasteiger partial charge on any atom is -0.481 e. The monoisotopic (exact) mass is 407 g/mol. The smallest absolute Gasteiger partial charge is 0.303 e. The molecule has 0 saturated carbocycles. The molecule has 1 aliphatic carbocycles. The average Bonchev–Trinajstić information content (AvgIpc) is 3.06. The number of ketones is 1. The summed E-state index contributed by atoms with van der Waals surface area (Å²) in [5.41, 5.74) is 3.75. The van der Waals surface area contributed by atoms with Crippen molar-refractivity contribution in [1.29, 1.82) is 0 Å². The SMILES string of the molecule is O=C(O)CCC(=O)c1ccc2c(c1)CCC2.O=S1(=O)Nc2ccc1c(Cl)c2. The second-order valence-corrected chi connectivity index (χ2v) is 8.46. The number of halogens is 1. The lowest BCUT2D eigenvalue weighted by atomic mass is 10.0. The Labute approximate surface area is 162 Å². The third-order valence-electron chi connectivity index (χ3n) is 4.46. The quantitative estimate of drug-likeness (QED) is 0.753. The zero-order valence-electron chi connectivity index (χ0n) is 14.4. The number of aliphatic carboxylic acids is 1. The molecule has 0 radical (unpaired) electrons. The highest BCUT2D eigenvalue weighted by atomic mass is 35.5. The first-order valence-electron chi connectivity index (χ1n) is 8.45. The molecule has 2 bridgehead atoms. The maximum absolute atomic E-state index is 11.7. The molecular formula is C19H18ClNO5S. The van der Waals surface area contributed by atoms with Crippen molar-refractivity contribution >= 4 is 39.1 Å². The number of hydrogen-bond acceptors (Lipinski definition) is 4. The minimum atomic E-state index is -3.33. The van der Waals surface area contributed by atoms with Crippen LogP contribution in [-0.2, 0) is 27.7 Å². The van der Waals surface area contributed by atoms with Crippen LogP contribution in [0.1, 0.15) is 40.7 Å². The number of carbonyl (C=O) groups excluding carboxylic acids is 1. The summed E-state index contributed by atoms with van der Waals surface area (Å²) >= 11 is 5.63. The van der Waals surface area contributed by atoms with Crippen LogP contribution in [0.25, 0.3) is 0 Å². The molecule has 27 heavy (non-hydrogen) atoms. The van der Waals surface area contributed by atoms with Gasteiger partial charge >= 0.3 is 5.97 Å². The molecule has 2 aliphatic heterocycles. The first-order valence-corrected chi connectivity index (χ1v) is 10.3. The lowest BCUT2D eigenvalue weighted by Crippen LogP contribution is -2.17. The molecule has 6 nitrogen and oxygen atoms in total. The molecule has 0 atom stereocenters. The molecule has 142 valence electrons. The van der Waals surface area contributed by atoms with Gasteiger partial charge < -0.3 is 5.11 Å². The number of aryl methyl sites for hydroxylation is 2. The molecule has 0 unspecified atom stereocenters. The number of fused-ring (bicyclic) bond motifs is 4. The highest BCUT2D eigenvalue weighted by Gasteiger charge is 2.23. The maximum Gasteiger partial charge on any atom is 0.303 e. The second-order valence-electron chi connectivity index (χ2n) is 6.40. The molecular weight excluding hydrogens is 390 g/mol. The number of carboxylic acids is 1. The highest BCUT2D eigenvalue weighted by molar-refractivity contribution is 7.93. The molecule has 2 heterocycles. The van der Waals surface area contributed by atoms with E-state index in [2.05, 4.69) is 4.72 Å². The van der Waals surface area contributed by atoms with Gasteiger partial charge in [-0.2, -0.15) is 0 Å². The van der Waals surface area contributed by atoms with Gasteiger partial charge in [-0.3, -0.25) is 14.3 Å². The molecule has 2 N–H and O–H groups in total. The van der Waals surface area contributed by atoms with E-state index in [1.165, 1.54) is 17.2 Å². The number of hydrogen-bond donors (Lipinski definition) is 2. The molecule has 3 aliphatic rings. The molecule has 0 fully saturated rings. The van der Waals surface area contributed by atoms with Crippen LogP contribution < -0.4 is 4.72 Å². The van der Waals surface area contributed by atoms with Crippen LogP contribution in [0.15, 0.2) is 41.3 Å². The Balaban J connectivity index is 0.000000166. The third-order valence-corrected chi connectivity index (χ3v) is 6.32. The fourth-order valence-electron chi connectivity index (χ4n) is 3.10. The van der Waals surface area contributed by atoms with Gasteiger partial charge in [0.05, 0.1) is 17.1 Å². The molecule has 0 amide bonds. The molecule has 2 aromatic carbocycles. The zero-order valence-corrected chi connectivity index (χ0v) is 15.9. The highest BCUT2D eigenvalue weighted by Crippen LogP contribution is 2.31. The number of anilines is 1. The Morgan fingerprint density at radius 2 is 1.78 bits per heavy atom. The fourth-order valence-corrected chi connectivity index (χ4v) is 4.70. The summed E-state index contributed by atoms with van der Waals surface area (Å²) in [6, 6.07) is 10.5. The summed E-state index contributed by atoms with van der Waals surface area (Å²) in [5.74, 6) is -0.994. The fraction of sp³-hybridized carbons (Fsp3) is 0.263. The normalized spacial score (nSPS) is 15.3. The van der Waals surface area contributed by atoms with Crippen LogP contribution >= 0.6 is 11.6 Å². The van der Waals surface area contributed by atoms with E-state index in [1.807, 2.05) is 18.2 Å². The average molecular weight is 408 g/mol. The largest absolute Gasteiger partial charge is 0.481 e. The Hall–Kier alpha value is -2.38. The summed E-state index contributed by atoms with van der Waals surface area (Å²) in [4.78, 5) is 22.2. The summed E-state index contributed by atoms with van der Waals surface area (Å²) in [5, 5.41) is 8.79. The Kier molecular flexibility index (Phi) is 5.53. The first kappa shape index (κ1) is 19.4. The van der Waals surface area contributed by atoms with Crippen molar-refractivity contribution in [3.05, 3.63) is 58.1 Å². The number of carbonyl (C=O) groups is 2. The second kappa shape index (κ2) is 7.70. The van der Waals surface area contributed by atoms with E-state index in [1.54, 1.807) is 12.1 Å². The van der Waals surface area contributed by atoms with Crippen molar-refractivity contribution < 1.29 is 23.1 Å². The van der Waals surface area contributed by atoms with Crippen molar-refractivity contribution in [2.45, 2.75) is 37.0 Å². The molecule has 8 heteroatoms. The van der Waals surface area contributed by atoms with Gasteiger partial charge in [0.15, 0.2) is 5.78 Å². The molecule has 0 spiro atoms. The van der Waals surface area contributed by atoms with Gasteiger partial charge in [-0.15, -0.1) is 0 Å². The van der Waals surface area contributed by atoms with Gasteiger partial charge in [0.1, 0.15) is 4.90 Å². The van der Waals surface area contributed by atoms with E-state index in [9.17, 15) is 18.0 Å². The van der Waals surface area contributed by atoms with Crippen LogP contribution in [-0.4, -0.2) is 25.3 Å². The van der Waals surface area contributed by atoms with Gasteiger partial charge in [-0.25, -0.2) is 8.42 Å². The van der Waals surface area contributed by atoms with E-state index in [0.29, 0.717) is 11.3 Å². The van der Waals surface area contributed by atoms with Crippen molar-refractivity contribution in [2.75, 3.05) is 4.72 Å². The van der Waals surface area contributed by atoms with Crippen LogP contribution in [0.4, 0.5) is 5.69 Å². The van der Waals surface area contributed by atoms with Crippen LogP contribution in [0, 0.1) is 0 Å². The van der Waals surface area contributed by atoms with Crippen LogP contribution in [0.3, 0.4) is 0 Å². The van der Waals surface area contributed by atoms with Gasteiger partial charge in [-0.1, -0.05) is 23.7 Å². The van der Waals surface area contributed by atoms with Gasteiger partial charge in [0, 0.05) is 12.0 Å². The third kappa shape index (κ3) is 4.48.